The van der Waals surface area contributed by atoms with Crippen LogP contribution in [0, 0.1) is 6.92 Å². The summed E-state index contributed by atoms with van der Waals surface area (Å²) in [6.07, 6.45) is 6.00. The Bertz CT molecular complexity index is 368. The minimum Gasteiger partial charge on any atom is -0.475 e. The van der Waals surface area contributed by atoms with Gasteiger partial charge in [0, 0.05) is 12.2 Å². The number of ether oxygens (including phenoxy) is 1. The molecule has 0 aliphatic carbocycles. The highest BCUT2D eigenvalue weighted by molar-refractivity contribution is 5.86. The van der Waals surface area contributed by atoms with Gasteiger partial charge in [-0.3, -0.25) is 0 Å². The normalized spacial score (nSPS) is 10.8. The zero-order valence-electron chi connectivity index (χ0n) is 11.2. The van der Waals surface area contributed by atoms with E-state index >= 15 is 0 Å². The lowest BCUT2D eigenvalue weighted by Gasteiger charge is -2.01. The maximum atomic E-state index is 10.8. The molecule has 1 aromatic heterocycles. The third-order valence-electron chi connectivity index (χ3n) is 2.80. The first kappa shape index (κ1) is 14.8. The van der Waals surface area contributed by atoms with Gasteiger partial charge in [-0.2, -0.15) is 0 Å². The molecule has 0 saturated carbocycles. The summed E-state index contributed by atoms with van der Waals surface area (Å²) >= 11 is 0. The Kier molecular flexibility index (Phi) is 6.50. The summed E-state index contributed by atoms with van der Waals surface area (Å²) in [5.74, 6) is -0.437. The van der Waals surface area contributed by atoms with Crippen molar-refractivity contribution in [2.75, 3.05) is 6.61 Å². The number of carboxylic acid groups (broad SMARTS) is 1. The molecular formula is C14H22O4. The second-order valence-corrected chi connectivity index (χ2v) is 4.50. The fraction of sp³-hybridized carbons (Fsp3) is 0.643. The van der Waals surface area contributed by atoms with E-state index in [0.717, 1.165) is 6.42 Å². The molecule has 0 aromatic carbocycles. The molecular weight excluding hydrogens is 232 g/mol. The lowest BCUT2D eigenvalue weighted by Crippen LogP contribution is -1.96. The molecule has 0 radical (unpaired) electrons. The average molecular weight is 254 g/mol. The number of carboxylic acids is 1. The van der Waals surface area contributed by atoms with Crippen molar-refractivity contribution in [2.24, 2.45) is 0 Å². The third-order valence-corrected chi connectivity index (χ3v) is 2.80. The Labute approximate surface area is 108 Å². The van der Waals surface area contributed by atoms with E-state index in [-0.39, 0.29) is 5.76 Å². The van der Waals surface area contributed by atoms with Gasteiger partial charge in [0.25, 0.3) is 0 Å². The van der Waals surface area contributed by atoms with E-state index in [4.69, 9.17) is 14.3 Å². The second kappa shape index (κ2) is 7.93. The molecule has 0 spiro atoms. The van der Waals surface area contributed by atoms with E-state index in [2.05, 4.69) is 6.92 Å². The lowest BCUT2D eigenvalue weighted by atomic mass is 10.2. The Morgan fingerprint density at radius 3 is 2.67 bits per heavy atom. The molecule has 4 heteroatoms. The zero-order valence-corrected chi connectivity index (χ0v) is 11.2. The van der Waals surface area contributed by atoms with Crippen LogP contribution < -0.4 is 0 Å². The van der Waals surface area contributed by atoms with E-state index < -0.39 is 5.97 Å². The predicted molar refractivity (Wildman–Crippen MR) is 68.8 cm³/mol. The molecule has 0 atom stereocenters. The molecule has 102 valence electrons. The van der Waals surface area contributed by atoms with E-state index in [1.165, 1.54) is 25.7 Å². The molecule has 0 amide bonds. The number of unbranched alkanes of at least 4 members (excludes halogenated alkanes) is 4. The van der Waals surface area contributed by atoms with E-state index in [1.807, 2.05) is 0 Å². The van der Waals surface area contributed by atoms with Gasteiger partial charge in [-0.15, -0.1) is 0 Å². The first-order valence-electron chi connectivity index (χ1n) is 6.55. The molecule has 0 aliphatic heterocycles. The van der Waals surface area contributed by atoms with Crippen LogP contribution in [0.2, 0.25) is 0 Å². The topological polar surface area (TPSA) is 59.7 Å². The molecule has 1 N–H and O–H groups in total. The first-order chi connectivity index (χ1) is 8.65. The van der Waals surface area contributed by atoms with Crippen LogP contribution in [0.25, 0.3) is 0 Å². The van der Waals surface area contributed by atoms with Crippen LogP contribution in [-0.2, 0) is 11.3 Å². The van der Waals surface area contributed by atoms with Crippen molar-refractivity contribution in [3.8, 4) is 0 Å². The van der Waals surface area contributed by atoms with E-state index in [0.29, 0.717) is 24.5 Å². The number of hydrogen-bond donors (Lipinski definition) is 1. The van der Waals surface area contributed by atoms with Gasteiger partial charge in [-0.25, -0.2) is 4.79 Å². The number of aromatic carboxylic acids is 1. The average Bonchev–Trinajstić information content (AvgIpc) is 2.69. The maximum Gasteiger partial charge on any atom is 0.372 e. The number of rotatable bonds is 9. The van der Waals surface area contributed by atoms with Crippen LogP contribution in [0.15, 0.2) is 10.5 Å². The van der Waals surface area contributed by atoms with Crippen LogP contribution in [0.1, 0.15) is 60.9 Å². The summed E-state index contributed by atoms with van der Waals surface area (Å²) in [7, 11) is 0. The van der Waals surface area contributed by atoms with Crippen LogP contribution in [0.5, 0.6) is 0 Å². The highest BCUT2D eigenvalue weighted by Gasteiger charge is 2.13. The van der Waals surface area contributed by atoms with Crippen molar-refractivity contribution < 1.29 is 19.1 Å². The standard InChI is InChI=1S/C14H22O4/c1-3-4-5-6-7-8-17-10-12-9-11(2)13(18-12)14(15)16/h9H,3-8,10H2,1-2H3,(H,15,16). The number of hydrogen-bond acceptors (Lipinski definition) is 3. The van der Waals surface area contributed by atoms with E-state index in [9.17, 15) is 4.79 Å². The third kappa shape index (κ3) is 4.92. The van der Waals surface area contributed by atoms with Crippen molar-refractivity contribution in [1.82, 2.24) is 0 Å². The van der Waals surface area contributed by atoms with Gasteiger partial charge < -0.3 is 14.3 Å². The van der Waals surface area contributed by atoms with Gasteiger partial charge in [-0.05, 0) is 19.4 Å². The summed E-state index contributed by atoms with van der Waals surface area (Å²) in [5.41, 5.74) is 0.643. The summed E-state index contributed by atoms with van der Waals surface area (Å²) in [5, 5.41) is 8.84. The van der Waals surface area contributed by atoms with Crippen LogP contribution >= 0.6 is 0 Å². The highest BCUT2D eigenvalue weighted by atomic mass is 16.5. The lowest BCUT2D eigenvalue weighted by molar-refractivity contribution is 0.0645. The fourth-order valence-electron chi connectivity index (χ4n) is 1.81. The molecule has 1 rings (SSSR count). The van der Waals surface area contributed by atoms with Gasteiger partial charge in [0.05, 0.1) is 0 Å². The Morgan fingerprint density at radius 1 is 1.33 bits per heavy atom. The zero-order chi connectivity index (χ0) is 13.4. The van der Waals surface area contributed by atoms with Crippen molar-refractivity contribution in [1.29, 1.82) is 0 Å². The quantitative estimate of drug-likeness (QED) is 0.681. The fourth-order valence-corrected chi connectivity index (χ4v) is 1.81. The number of carbonyl (C=O) groups is 1. The molecule has 0 fully saturated rings. The summed E-state index contributed by atoms with van der Waals surface area (Å²) < 4.78 is 10.7. The molecule has 4 nitrogen and oxygen atoms in total. The van der Waals surface area contributed by atoms with Gasteiger partial charge in [0.15, 0.2) is 0 Å². The van der Waals surface area contributed by atoms with Crippen molar-refractivity contribution in [3.05, 3.63) is 23.2 Å². The van der Waals surface area contributed by atoms with Crippen LogP contribution in [0.4, 0.5) is 0 Å². The van der Waals surface area contributed by atoms with Crippen molar-refractivity contribution in [2.45, 2.75) is 52.6 Å². The van der Waals surface area contributed by atoms with Crippen LogP contribution in [-0.4, -0.2) is 17.7 Å². The van der Waals surface area contributed by atoms with Crippen molar-refractivity contribution >= 4 is 5.97 Å². The Hall–Kier alpha value is -1.29. The summed E-state index contributed by atoms with van der Waals surface area (Å²) in [6.45, 7) is 4.96. The predicted octanol–water partition coefficient (Wildman–Crippen LogP) is 3.77. The first-order valence-corrected chi connectivity index (χ1v) is 6.55. The second-order valence-electron chi connectivity index (χ2n) is 4.50. The summed E-state index contributed by atoms with van der Waals surface area (Å²) in [6, 6.07) is 1.72. The summed E-state index contributed by atoms with van der Waals surface area (Å²) in [4.78, 5) is 10.8. The smallest absolute Gasteiger partial charge is 0.372 e. The molecule has 1 aromatic rings. The minimum atomic E-state index is -1.03. The molecule has 0 bridgehead atoms. The Morgan fingerprint density at radius 2 is 2.06 bits per heavy atom. The van der Waals surface area contributed by atoms with Crippen LogP contribution in [0.3, 0.4) is 0 Å². The molecule has 0 aliphatic rings. The molecule has 18 heavy (non-hydrogen) atoms. The molecule has 0 unspecified atom stereocenters. The van der Waals surface area contributed by atoms with E-state index in [1.54, 1.807) is 13.0 Å². The molecule has 0 saturated heterocycles. The molecule has 1 heterocycles. The van der Waals surface area contributed by atoms with Gasteiger partial charge in [-0.1, -0.05) is 32.6 Å². The maximum absolute atomic E-state index is 10.8. The van der Waals surface area contributed by atoms with Gasteiger partial charge in [0.2, 0.25) is 5.76 Å². The highest BCUT2D eigenvalue weighted by Crippen LogP contribution is 2.15. The number of furan rings is 1. The SMILES string of the molecule is CCCCCCCOCc1cc(C)c(C(=O)O)o1. The minimum absolute atomic E-state index is 0.0107. The van der Waals surface area contributed by atoms with Gasteiger partial charge in [0.1, 0.15) is 12.4 Å². The monoisotopic (exact) mass is 254 g/mol. The number of aryl methyl sites for hydroxylation is 1. The largest absolute Gasteiger partial charge is 0.475 e. The van der Waals surface area contributed by atoms with Crippen molar-refractivity contribution in [3.63, 3.8) is 0 Å². The Balaban J connectivity index is 2.19. The van der Waals surface area contributed by atoms with Gasteiger partial charge >= 0.3 is 5.97 Å².